The molecule has 0 aliphatic heterocycles. The molecule has 0 spiro atoms. The Morgan fingerprint density at radius 3 is 2.94 bits per heavy atom. The minimum absolute atomic E-state index is 0.252. The van der Waals surface area contributed by atoms with Gasteiger partial charge in [0.05, 0.1) is 16.9 Å². The first-order valence-electron chi connectivity index (χ1n) is 6.04. The number of hydrogen-bond acceptors (Lipinski definition) is 4. The third-order valence-electron chi connectivity index (χ3n) is 3.41. The van der Waals surface area contributed by atoms with Crippen molar-refractivity contribution in [3.05, 3.63) is 23.8 Å². The molecule has 1 aromatic rings. The summed E-state index contributed by atoms with van der Waals surface area (Å²) >= 11 is 1.83. The van der Waals surface area contributed by atoms with Crippen molar-refractivity contribution >= 4 is 29.1 Å². The second-order valence-corrected chi connectivity index (χ2v) is 5.61. The van der Waals surface area contributed by atoms with Gasteiger partial charge in [-0.15, -0.1) is 0 Å². The van der Waals surface area contributed by atoms with E-state index in [2.05, 4.69) is 11.6 Å². The highest BCUT2D eigenvalue weighted by Crippen LogP contribution is 2.33. The molecular weight excluding hydrogens is 248 g/mol. The van der Waals surface area contributed by atoms with Crippen LogP contribution in [0, 0.1) is 0 Å². The number of carboxylic acid groups (broad SMARTS) is 1. The number of nitrogens with two attached hydrogens (primary N) is 1. The van der Waals surface area contributed by atoms with E-state index in [1.54, 1.807) is 18.2 Å². The fourth-order valence-corrected chi connectivity index (χ4v) is 3.40. The van der Waals surface area contributed by atoms with Crippen LogP contribution in [-0.2, 0) is 0 Å². The molecule has 1 saturated carbocycles. The maximum absolute atomic E-state index is 11.2. The van der Waals surface area contributed by atoms with Crippen molar-refractivity contribution in [1.29, 1.82) is 0 Å². The van der Waals surface area contributed by atoms with E-state index in [0.717, 1.165) is 6.42 Å². The Morgan fingerprint density at radius 2 is 2.28 bits per heavy atom. The van der Waals surface area contributed by atoms with Gasteiger partial charge in [0, 0.05) is 11.3 Å². The largest absolute Gasteiger partial charge is 0.478 e. The van der Waals surface area contributed by atoms with Crippen molar-refractivity contribution in [2.45, 2.75) is 30.6 Å². The highest BCUT2D eigenvalue weighted by atomic mass is 32.2. The molecule has 4 N–H and O–H groups in total. The fourth-order valence-electron chi connectivity index (χ4n) is 2.47. The summed E-state index contributed by atoms with van der Waals surface area (Å²) in [6, 6.07) is 5.30. The number of aromatic carboxylic acids is 1. The predicted molar refractivity (Wildman–Crippen MR) is 76.4 cm³/mol. The van der Waals surface area contributed by atoms with Crippen molar-refractivity contribution in [3.63, 3.8) is 0 Å². The number of benzene rings is 1. The topological polar surface area (TPSA) is 75.3 Å². The molecule has 0 heterocycles. The number of para-hydroxylation sites is 1. The van der Waals surface area contributed by atoms with Gasteiger partial charge >= 0.3 is 5.97 Å². The van der Waals surface area contributed by atoms with Crippen LogP contribution in [0.4, 0.5) is 11.4 Å². The Kier molecular flexibility index (Phi) is 4.01. The lowest BCUT2D eigenvalue weighted by Gasteiger charge is -2.22. The molecular formula is C13H18N2O2S. The number of thioether (sulfide) groups is 1. The number of anilines is 2. The molecule has 0 amide bonds. The van der Waals surface area contributed by atoms with Crippen LogP contribution in [0.2, 0.25) is 0 Å². The molecule has 98 valence electrons. The van der Waals surface area contributed by atoms with Gasteiger partial charge in [-0.05, 0) is 31.2 Å². The van der Waals surface area contributed by atoms with Gasteiger partial charge in [0.2, 0.25) is 0 Å². The number of hydrogen-bond donors (Lipinski definition) is 3. The summed E-state index contributed by atoms with van der Waals surface area (Å²) in [6.45, 7) is 0. The molecule has 4 nitrogen and oxygen atoms in total. The fraction of sp³-hybridized carbons (Fsp3) is 0.462. The lowest BCUT2D eigenvalue weighted by molar-refractivity contribution is 0.0698. The second-order valence-electron chi connectivity index (χ2n) is 4.53. The van der Waals surface area contributed by atoms with Gasteiger partial charge < -0.3 is 16.2 Å². The molecule has 2 rings (SSSR count). The van der Waals surface area contributed by atoms with E-state index in [1.807, 2.05) is 11.8 Å². The van der Waals surface area contributed by atoms with Gasteiger partial charge in [0.15, 0.2) is 0 Å². The zero-order valence-electron chi connectivity index (χ0n) is 10.3. The molecule has 2 unspecified atom stereocenters. The number of nitrogens with one attached hydrogen (secondary N) is 1. The lowest BCUT2D eigenvalue weighted by atomic mass is 10.1. The van der Waals surface area contributed by atoms with Crippen molar-refractivity contribution in [1.82, 2.24) is 0 Å². The van der Waals surface area contributed by atoms with Crippen LogP contribution in [0.1, 0.15) is 29.6 Å². The molecule has 1 fully saturated rings. The van der Waals surface area contributed by atoms with E-state index in [0.29, 0.717) is 22.7 Å². The van der Waals surface area contributed by atoms with Gasteiger partial charge in [-0.2, -0.15) is 11.8 Å². The molecule has 2 atom stereocenters. The quantitative estimate of drug-likeness (QED) is 0.730. The molecule has 0 radical (unpaired) electrons. The Hall–Kier alpha value is -1.36. The molecule has 1 aromatic carbocycles. The maximum atomic E-state index is 11.2. The van der Waals surface area contributed by atoms with Gasteiger partial charge in [-0.25, -0.2) is 4.79 Å². The van der Waals surface area contributed by atoms with Crippen LogP contribution < -0.4 is 11.1 Å². The van der Waals surface area contributed by atoms with E-state index in [1.165, 1.54) is 12.8 Å². The average Bonchev–Trinajstić information content (AvgIpc) is 2.78. The van der Waals surface area contributed by atoms with E-state index >= 15 is 0 Å². The lowest BCUT2D eigenvalue weighted by Crippen LogP contribution is -2.27. The Balaban J connectivity index is 2.25. The second kappa shape index (κ2) is 5.52. The van der Waals surface area contributed by atoms with Crippen LogP contribution in [0.3, 0.4) is 0 Å². The molecule has 0 aromatic heterocycles. The molecule has 1 aliphatic rings. The minimum Gasteiger partial charge on any atom is -0.478 e. The van der Waals surface area contributed by atoms with Gasteiger partial charge in [0.1, 0.15) is 0 Å². The molecule has 0 bridgehead atoms. The third kappa shape index (κ3) is 2.56. The van der Waals surface area contributed by atoms with Crippen LogP contribution >= 0.6 is 11.8 Å². The van der Waals surface area contributed by atoms with Crippen molar-refractivity contribution in [3.8, 4) is 0 Å². The summed E-state index contributed by atoms with van der Waals surface area (Å²) in [5.41, 5.74) is 7.21. The highest BCUT2D eigenvalue weighted by Gasteiger charge is 2.27. The third-order valence-corrected chi connectivity index (χ3v) is 4.58. The van der Waals surface area contributed by atoms with Crippen LogP contribution in [-0.4, -0.2) is 28.6 Å². The first kappa shape index (κ1) is 13.1. The molecule has 5 heteroatoms. The van der Waals surface area contributed by atoms with E-state index in [9.17, 15) is 9.90 Å². The standard InChI is InChI=1S/C13H18N2O2S/c1-18-11-7-3-6-10(11)15-12-8(13(16)17)4-2-5-9(12)14/h2,4-5,10-11,15H,3,6-7,14H2,1H3,(H,16,17). The van der Waals surface area contributed by atoms with Crippen molar-refractivity contribution in [2.75, 3.05) is 17.3 Å². The summed E-state index contributed by atoms with van der Waals surface area (Å²) < 4.78 is 0. The summed E-state index contributed by atoms with van der Waals surface area (Å²) in [4.78, 5) is 11.2. The molecule has 0 saturated heterocycles. The van der Waals surface area contributed by atoms with Crippen LogP contribution in [0.5, 0.6) is 0 Å². The van der Waals surface area contributed by atoms with E-state index in [-0.39, 0.29) is 5.56 Å². The zero-order chi connectivity index (χ0) is 13.1. The Morgan fingerprint density at radius 1 is 1.50 bits per heavy atom. The number of rotatable bonds is 4. The number of nitrogen functional groups attached to an aromatic ring is 1. The van der Waals surface area contributed by atoms with Crippen molar-refractivity contribution < 1.29 is 9.90 Å². The van der Waals surface area contributed by atoms with Crippen LogP contribution in [0.15, 0.2) is 18.2 Å². The van der Waals surface area contributed by atoms with Crippen LogP contribution in [0.25, 0.3) is 0 Å². The maximum Gasteiger partial charge on any atom is 0.337 e. The monoisotopic (exact) mass is 266 g/mol. The molecule has 18 heavy (non-hydrogen) atoms. The average molecular weight is 266 g/mol. The first-order chi connectivity index (χ1) is 8.63. The summed E-state index contributed by atoms with van der Waals surface area (Å²) in [5.74, 6) is -0.941. The van der Waals surface area contributed by atoms with Gasteiger partial charge in [0.25, 0.3) is 0 Å². The van der Waals surface area contributed by atoms with Crippen molar-refractivity contribution in [2.24, 2.45) is 0 Å². The highest BCUT2D eigenvalue weighted by molar-refractivity contribution is 7.99. The predicted octanol–water partition coefficient (Wildman–Crippen LogP) is 2.66. The SMILES string of the molecule is CSC1CCCC1Nc1c(N)cccc1C(=O)O. The normalized spacial score (nSPS) is 22.9. The Bertz CT molecular complexity index is 451. The zero-order valence-corrected chi connectivity index (χ0v) is 11.2. The number of carboxylic acids is 1. The minimum atomic E-state index is -0.941. The van der Waals surface area contributed by atoms with E-state index in [4.69, 9.17) is 5.73 Å². The Labute approximate surface area is 111 Å². The summed E-state index contributed by atoms with van der Waals surface area (Å²) in [6.07, 6.45) is 5.52. The summed E-state index contributed by atoms with van der Waals surface area (Å²) in [7, 11) is 0. The first-order valence-corrected chi connectivity index (χ1v) is 7.33. The van der Waals surface area contributed by atoms with Gasteiger partial charge in [-0.1, -0.05) is 12.5 Å². The molecule has 1 aliphatic carbocycles. The summed E-state index contributed by atoms with van der Waals surface area (Å²) in [5, 5.41) is 13.1. The van der Waals surface area contributed by atoms with E-state index < -0.39 is 5.97 Å². The number of carbonyl (C=O) groups is 1. The van der Waals surface area contributed by atoms with Gasteiger partial charge in [-0.3, -0.25) is 0 Å². The smallest absolute Gasteiger partial charge is 0.337 e.